The average molecular weight is 487 g/mol. The molecule has 2 N–H and O–H groups in total. The van der Waals surface area contributed by atoms with Crippen LogP contribution in [0.1, 0.15) is 35.5 Å². The topological polar surface area (TPSA) is 100 Å². The fraction of sp³-hybridized carbons (Fsp3) is 0.333. The zero-order valence-electron chi connectivity index (χ0n) is 19.1. The molecule has 1 aliphatic rings. The molecule has 0 bridgehead atoms. The molecule has 3 aromatic rings. The van der Waals surface area contributed by atoms with Crippen LogP contribution in [-0.4, -0.2) is 46.8 Å². The van der Waals surface area contributed by atoms with Gasteiger partial charge in [-0.1, -0.05) is 18.2 Å². The van der Waals surface area contributed by atoms with Crippen LogP contribution in [0.15, 0.2) is 53.1 Å². The molecule has 1 aliphatic carbocycles. The smallest absolute Gasteiger partial charge is 0.431 e. The van der Waals surface area contributed by atoms with Gasteiger partial charge in [0.15, 0.2) is 5.69 Å². The summed E-state index contributed by atoms with van der Waals surface area (Å²) in [6.45, 7) is 0. The van der Waals surface area contributed by atoms with Crippen molar-refractivity contribution < 1.29 is 27.2 Å². The fourth-order valence-electron chi connectivity index (χ4n) is 4.03. The van der Waals surface area contributed by atoms with E-state index in [1.807, 2.05) is 0 Å². The first-order valence-corrected chi connectivity index (χ1v) is 11.0. The van der Waals surface area contributed by atoms with E-state index in [2.05, 4.69) is 20.6 Å². The molecule has 2 aromatic heterocycles. The molecule has 0 spiro atoms. The van der Waals surface area contributed by atoms with Crippen LogP contribution >= 0.6 is 0 Å². The molecule has 4 rings (SSSR count). The van der Waals surface area contributed by atoms with Gasteiger partial charge in [0.05, 0.1) is 11.9 Å². The lowest BCUT2D eigenvalue weighted by Crippen LogP contribution is -2.29. The highest BCUT2D eigenvalue weighted by molar-refractivity contribution is 6.04. The molecule has 8 nitrogen and oxygen atoms in total. The number of aromatic nitrogens is 2. The Morgan fingerprint density at radius 1 is 1.09 bits per heavy atom. The van der Waals surface area contributed by atoms with Crippen LogP contribution in [-0.2, 0) is 11.0 Å². The van der Waals surface area contributed by atoms with Crippen molar-refractivity contribution in [1.29, 1.82) is 0 Å². The minimum Gasteiger partial charge on any atom is -0.431 e. The summed E-state index contributed by atoms with van der Waals surface area (Å²) in [6.07, 6.45) is -1.27. The molecule has 184 valence electrons. The highest BCUT2D eigenvalue weighted by atomic mass is 19.4. The molecule has 1 unspecified atom stereocenters. The summed E-state index contributed by atoms with van der Waals surface area (Å²) in [7, 11) is 3.47. The molecule has 0 saturated heterocycles. The first-order chi connectivity index (χ1) is 16.6. The number of pyridine rings is 1. The lowest BCUT2D eigenvalue weighted by molar-refractivity contribution is -0.153. The number of halogens is 3. The number of carbonyl (C=O) groups is 2. The van der Waals surface area contributed by atoms with Gasteiger partial charge in [0.1, 0.15) is 5.82 Å². The van der Waals surface area contributed by atoms with Crippen molar-refractivity contribution in [3.05, 3.63) is 60.1 Å². The van der Waals surface area contributed by atoms with Gasteiger partial charge in [-0.3, -0.25) is 9.59 Å². The van der Waals surface area contributed by atoms with Crippen LogP contribution in [0.25, 0.3) is 11.5 Å². The largest absolute Gasteiger partial charge is 0.452 e. The van der Waals surface area contributed by atoms with E-state index in [1.165, 1.54) is 24.4 Å². The Kier molecular flexibility index (Phi) is 6.77. The molecule has 2 atom stereocenters. The zero-order valence-corrected chi connectivity index (χ0v) is 19.1. The minimum atomic E-state index is -4.90. The van der Waals surface area contributed by atoms with Gasteiger partial charge in [-0.05, 0) is 43.5 Å². The number of oxazole rings is 1. The fourth-order valence-corrected chi connectivity index (χ4v) is 4.03. The summed E-state index contributed by atoms with van der Waals surface area (Å²) in [4.78, 5) is 34.4. The first-order valence-electron chi connectivity index (χ1n) is 11.0. The minimum absolute atomic E-state index is 0.0351. The van der Waals surface area contributed by atoms with Gasteiger partial charge in [0, 0.05) is 31.6 Å². The third kappa shape index (κ3) is 5.61. The van der Waals surface area contributed by atoms with Gasteiger partial charge < -0.3 is 20.0 Å². The van der Waals surface area contributed by atoms with Gasteiger partial charge in [-0.25, -0.2) is 9.97 Å². The van der Waals surface area contributed by atoms with Crippen molar-refractivity contribution in [1.82, 2.24) is 14.9 Å². The molecule has 2 heterocycles. The predicted molar refractivity (Wildman–Crippen MR) is 123 cm³/mol. The second-order valence-electron chi connectivity index (χ2n) is 8.53. The third-order valence-corrected chi connectivity index (χ3v) is 5.72. The molecule has 2 amide bonds. The van der Waals surface area contributed by atoms with Crippen molar-refractivity contribution in [2.75, 3.05) is 24.7 Å². The Balaban J connectivity index is 1.43. The van der Waals surface area contributed by atoms with E-state index in [9.17, 15) is 22.8 Å². The number of nitrogens with one attached hydrogen (secondary N) is 2. The van der Waals surface area contributed by atoms with Crippen LogP contribution in [0.3, 0.4) is 0 Å². The normalized spacial score (nSPS) is 17.7. The molecule has 1 aromatic carbocycles. The maximum Gasteiger partial charge on any atom is 0.452 e. The first kappa shape index (κ1) is 24.2. The quantitative estimate of drug-likeness (QED) is 0.524. The van der Waals surface area contributed by atoms with E-state index in [1.54, 1.807) is 43.3 Å². The van der Waals surface area contributed by atoms with Gasteiger partial charge in [0.2, 0.25) is 17.6 Å². The van der Waals surface area contributed by atoms with Gasteiger partial charge in [-0.15, -0.1) is 0 Å². The third-order valence-electron chi connectivity index (χ3n) is 5.72. The number of alkyl halides is 3. The van der Waals surface area contributed by atoms with Gasteiger partial charge >= 0.3 is 6.18 Å². The van der Waals surface area contributed by atoms with Crippen molar-refractivity contribution in [2.24, 2.45) is 5.92 Å². The summed E-state index contributed by atoms with van der Waals surface area (Å²) < 4.78 is 45.4. The molecule has 11 heteroatoms. The van der Waals surface area contributed by atoms with Gasteiger partial charge in [-0.2, -0.15) is 13.2 Å². The number of hydrogen-bond acceptors (Lipinski definition) is 6. The number of hydrogen-bond donors (Lipinski definition) is 2. The predicted octanol–water partition coefficient (Wildman–Crippen LogP) is 4.68. The van der Waals surface area contributed by atoms with Crippen molar-refractivity contribution in [3.8, 4) is 11.5 Å². The average Bonchev–Trinajstić information content (AvgIpc) is 3.48. The second-order valence-corrected chi connectivity index (χ2v) is 8.53. The van der Waals surface area contributed by atoms with Crippen LogP contribution in [0, 0.1) is 5.92 Å². The Morgan fingerprint density at radius 2 is 1.83 bits per heavy atom. The van der Waals surface area contributed by atoms with E-state index < -0.39 is 23.5 Å². The van der Waals surface area contributed by atoms with E-state index >= 15 is 0 Å². The van der Waals surface area contributed by atoms with E-state index in [4.69, 9.17) is 4.42 Å². The number of amides is 2. The standard InChI is InChI=1S/C24H24F3N5O3/c1-32(2)23(34)15-8-9-16(12-15)29-18-11-10-17(13-28-18)30-21(33)19-20(24(25,26)27)35-22(31-19)14-6-4-3-5-7-14/h3-7,10-11,13,15-16H,8-9,12H2,1-2H3,(H,28,29)(H,30,33)/t15-,16?/m1/s1. The van der Waals surface area contributed by atoms with Crippen LogP contribution in [0.4, 0.5) is 24.7 Å². The maximum absolute atomic E-state index is 13.5. The maximum atomic E-state index is 13.5. The van der Waals surface area contributed by atoms with E-state index in [0.29, 0.717) is 17.8 Å². The second kappa shape index (κ2) is 9.77. The summed E-state index contributed by atoms with van der Waals surface area (Å²) in [6, 6.07) is 11.2. The highest BCUT2D eigenvalue weighted by Crippen LogP contribution is 2.35. The molecule has 0 radical (unpaired) electrons. The summed E-state index contributed by atoms with van der Waals surface area (Å²) in [5, 5.41) is 5.65. The SMILES string of the molecule is CN(C)C(=O)[C@@H]1CCC(Nc2ccc(NC(=O)c3nc(-c4ccccc4)oc3C(F)(F)F)cn2)C1. The molecule has 1 saturated carbocycles. The summed E-state index contributed by atoms with van der Waals surface area (Å²) in [5.74, 6) is -2.23. The lowest BCUT2D eigenvalue weighted by Gasteiger charge is -2.17. The molecular weight excluding hydrogens is 463 g/mol. The number of nitrogens with zero attached hydrogens (tertiary/aromatic N) is 3. The summed E-state index contributed by atoms with van der Waals surface area (Å²) in [5.41, 5.74) is -0.346. The number of anilines is 2. The Morgan fingerprint density at radius 3 is 2.46 bits per heavy atom. The number of rotatable bonds is 6. The van der Waals surface area contributed by atoms with Crippen molar-refractivity contribution in [3.63, 3.8) is 0 Å². The van der Waals surface area contributed by atoms with Crippen LogP contribution in [0.5, 0.6) is 0 Å². The van der Waals surface area contributed by atoms with E-state index in [0.717, 1.165) is 12.8 Å². The summed E-state index contributed by atoms with van der Waals surface area (Å²) >= 11 is 0. The Hall–Kier alpha value is -3.89. The number of benzene rings is 1. The Labute approximate surface area is 199 Å². The van der Waals surface area contributed by atoms with E-state index in [-0.39, 0.29) is 29.4 Å². The van der Waals surface area contributed by atoms with Gasteiger partial charge in [0.25, 0.3) is 5.91 Å². The number of carbonyl (C=O) groups excluding carboxylic acids is 2. The van der Waals surface area contributed by atoms with Crippen molar-refractivity contribution in [2.45, 2.75) is 31.5 Å². The monoisotopic (exact) mass is 487 g/mol. The lowest BCUT2D eigenvalue weighted by atomic mass is 10.1. The zero-order chi connectivity index (χ0) is 25.2. The molecule has 1 fully saturated rings. The van der Waals surface area contributed by atoms with Crippen molar-refractivity contribution >= 4 is 23.3 Å². The molecular formula is C24H24F3N5O3. The highest BCUT2D eigenvalue weighted by Gasteiger charge is 2.42. The van der Waals surface area contributed by atoms with Crippen LogP contribution in [0.2, 0.25) is 0 Å². The Bertz CT molecular complexity index is 1190. The van der Waals surface area contributed by atoms with Crippen LogP contribution < -0.4 is 10.6 Å². The molecule has 0 aliphatic heterocycles. The molecule has 35 heavy (non-hydrogen) atoms.